The molecule has 0 radical (unpaired) electrons. The van der Waals surface area contributed by atoms with E-state index in [-0.39, 0.29) is 21.9 Å². The van der Waals surface area contributed by atoms with Crippen LogP contribution in [0.3, 0.4) is 0 Å². The smallest absolute Gasteiger partial charge is 0.480 e. The number of nitrogens with one attached hydrogen (secondary N) is 1. The van der Waals surface area contributed by atoms with E-state index in [2.05, 4.69) is 62.7 Å². The van der Waals surface area contributed by atoms with E-state index < -0.39 is 18.5 Å². The molecule has 4 nitrogen and oxygen atoms in total. The topological polar surface area (TPSA) is 53.5 Å². The molecule has 3 rings (SSSR count). The molecule has 1 saturated heterocycles. The van der Waals surface area contributed by atoms with E-state index in [9.17, 15) is 4.55 Å². The maximum atomic E-state index is 12.8. The fourth-order valence-electron chi connectivity index (χ4n) is 3.52. The largest absolute Gasteiger partial charge is 0.598 e. The lowest BCUT2D eigenvalue weighted by molar-refractivity contribution is 0.00578. The van der Waals surface area contributed by atoms with Gasteiger partial charge in [-0.15, -0.1) is 4.72 Å². The van der Waals surface area contributed by atoms with Crippen molar-refractivity contribution >= 4 is 18.5 Å². The average molecular weight is 391 g/mol. The zero-order chi connectivity index (χ0) is 20.0. The number of hydrogen-bond donors (Lipinski definition) is 1. The van der Waals surface area contributed by atoms with Gasteiger partial charge in [0.1, 0.15) is 4.75 Å². The van der Waals surface area contributed by atoms with Crippen LogP contribution < -0.4 is 4.72 Å². The fourth-order valence-corrected chi connectivity index (χ4v) is 4.36. The normalized spacial score (nSPS) is 28.8. The minimum absolute atomic E-state index is 0.0928. The number of benzene rings is 1. The first-order valence-corrected chi connectivity index (χ1v) is 11.1. The predicted molar refractivity (Wildman–Crippen MR) is 113 cm³/mol. The van der Waals surface area contributed by atoms with Crippen LogP contribution in [0.5, 0.6) is 0 Å². The Morgan fingerprint density at radius 1 is 1.15 bits per heavy atom. The Bertz CT molecular complexity index is 631. The maximum absolute atomic E-state index is 12.8. The second kappa shape index (κ2) is 7.38. The quantitative estimate of drug-likeness (QED) is 0.582. The van der Waals surface area contributed by atoms with Crippen LogP contribution in [0.2, 0.25) is 0 Å². The van der Waals surface area contributed by atoms with Crippen molar-refractivity contribution < 1.29 is 13.9 Å². The molecule has 27 heavy (non-hydrogen) atoms. The van der Waals surface area contributed by atoms with E-state index in [0.717, 1.165) is 6.42 Å². The molecule has 150 valence electrons. The van der Waals surface area contributed by atoms with Crippen molar-refractivity contribution in [1.29, 1.82) is 0 Å². The summed E-state index contributed by atoms with van der Waals surface area (Å²) in [5.41, 5.74) is 0.624. The van der Waals surface area contributed by atoms with Crippen LogP contribution in [-0.4, -0.2) is 33.6 Å². The Kier molecular flexibility index (Phi) is 5.79. The van der Waals surface area contributed by atoms with Crippen molar-refractivity contribution in [3.63, 3.8) is 0 Å². The summed E-state index contributed by atoms with van der Waals surface area (Å²) in [5.74, 6) is 1.06. The fraction of sp³-hybridized carbons (Fsp3) is 0.714. The summed E-state index contributed by atoms with van der Waals surface area (Å²) in [6, 6.07) is 10.7. The highest BCUT2D eigenvalue weighted by Crippen LogP contribution is 2.51. The molecule has 4 unspecified atom stereocenters. The average Bonchev–Trinajstić information content (AvgIpc) is 3.27. The minimum atomic E-state index is -1.17. The van der Waals surface area contributed by atoms with Gasteiger partial charge in [-0.2, -0.15) is 0 Å². The summed E-state index contributed by atoms with van der Waals surface area (Å²) in [4.78, 5) is 0. The third-order valence-corrected chi connectivity index (χ3v) is 7.75. The Hall–Kier alpha value is -0.525. The Balaban J connectivity index is 1.72. The summed E-state index contributed by atoms with van der Waals surface area (Å²) in [6.07, 6.45) is 2.07. The van der Waals surface area contributed by atoms with Crippen LogP contribution in [-0.2, 0) is 20.7 Å². The maximum Gasteiger partial charge on any atom is 0.480 e. The summed E-state index contributed by atoms with van der Waals surface area (Å²) in [7, 11) is -0.390. The van der Waals surface area contributed by atoms with Crippen LogP contribution in [0.4, 0.5) is 0 Å². The van der Waals surface area contributed by atoms with E-state index in [1.807, 2.05) is 20.8 Å². The molecule has 1 N–H and O–H groups in total. The van der Waals surface area contributed by atoms with Crippen LogP contribution in [0, 0.1) is 5.92 Å². The zero-order valence-corrected chi connectivity index (χ0v) is 18.6. The van der Waals surface area contributed by atoms with Crippen LogP contribution in [0.1, 0.15) is 72.8 Å². The van der Waals surface area contributed by atoms with Crippen LogP contribution >= 0.6 is 0 Å². The molecule has 2 fully saturated rings. The second-order valence-corrected chi connectivity index (χ2v) is 12.0. The standard InChI is InChI=1S/C21H34BNO3S/c1-19(2,3)27(24)23-18(22-25-20(4,5)21(6,7)26-22)14-16-13-17(16)15-11-9-8-10-12-15/h8-12,16-18,23H,13-14H2,1-7H3. The van der Waals surface area contributed by atoms with Gasteiger partial charge in [-0.25, -0.2) is 0 Å². The van der Waals surface area contributed by atoms with Crippen LogP contribution in [0.25, 0.3) is 0 Å². The molecule has 0 amide bonds. The van der Waals surface area contributed by atoms with E-state index >= 15 is 0 Å². The monoisotopic (exact) mass is 391 g/mol. The Morgan fingerprint density at radius 2 is 1.70 bits per heavy atom. The van der Waals surface area contributed by atoms with Gasteiger partial charge in [-0.3, -0.25) is 0 Å². The first-order valence-electron chi connectivity index (χ1n) is 9.99. The lowest BCUT2D eigenvalue weighted by Crippen LogP contribution is -2.52. The number of rotatable bonds is 6. The molecule has 2 aliphatic rings. The third kappa shape index (κ3) is 4.73. The summed E-state index contributed by atoms with van der Waals surface area (Å²) in [6.45, 7) is 14.2. The molecule has 1 aliphatic heterocycles. The van der Waals surface area contributed by atoms with Crippen molar-refractivity contribution in [2.45, 2.75) is 89.1 Å². The molecule has 1 aliphatic carbocycles. The highest BCUT2D eigenvalue weighted by atomic mass is 32.2. The summed E-state index contributed by atoms with van der Waals surface area (Å²) >= 11 is -1.17. The van der Waals surface area contributed by atoms with Crippen molar-refractivity contribution in [2.75, 3.05) is 0 Å². The summed E-state index contributed by atoms with van der Waals surface area (Å²) in [5, 5.41) is 0. The van der Waals surface area contributed by atoms with Gasteiger partial charge in [0.2, 0.25) is 0 Å². The highest BCUT2D eigenvalue weighted by molar-refractivity contribution is 7.90. The molecule has 0 bridgehead atoms. The molecule has 1 aromatic rings. The highest BCUT2D eigenvalue weighted by Gasteiger charge is 2.56. The lowest BCUT2D eigenvalue weighted by atomic mass is 9.75. The Labute approximate surface area is 168 Å². The van der Waals surface area contributed by atoms with Crippen molar-refractivity contribution in [3.05, 3.63) is 35.9 Å². The van der Waals surface area contributed by atoms with Gasteiger partial charge in [-0.1, -0.05) is 30.3 Å². The molecule has 1 aromatic carbocycles. The van der Waals surface area contributed by atoms with Gasteiger partial charge < -0.3 is 13.9 Å². The number of hydrogen-bond acceptors (Lipinski definition) is 4. The van der Waals surface area contributed by atoms with Crippen molar-refractivity contribution in [3.8, 4) is 0 Å². The van der Waals surface area contributed by atoms with Gasteiger partial charge in [-0.05, 0) is 78.7 Å². The molecule has 1 saturated carbocycles. The van der Waals surface area contributed by atoms with Crippen molar-refractivity contribution in [2.24, 2.45) is 5.92 Å². The zero-order valence-electron chi connectivity index (χ0n) is 17.7. The van der Waals surface area contributed by atoms with Gasteiger partial charge in [0.15, 0.2) is 0 Å². The van der Waals surface area contributed by atoms with Crippen molar-refractivity contribution in [1.82, 2.24) is 4.72 Å². The van der Waals surface area contributed by atoms with Gasteiger partial charge in [0.25, 0.3) is 0 Å². The molecular weight excluding hydrogens is 357 g/mol. The van der Waals surface area contributed by atoms with E-state index in [0.29, 0.717) is 11.8 Å². The third-order valence-electron chi connectivity index (χ3n) is 6.12. The predicted octanol–water partition coefficient (Wildman–Crippen LogP) is 4.23. The van der Waals surface area contributed by atoms with E-state index in [1.165, 1.54) is 12.0 Å². The van der Waals surface area contributed by atoms with Crippen LogP contribution in [0.15, 0.2) is 30.3 Å². The molecular formula is C21H34BNO3S. The van der Waals surface area contributed by atoms with Gasteiger partial charge in [0.05, 0.1) is 17.1 Å². The minimum Gasteiger partial charge on any atom is -0.598 e. The summed E-state index contributed by atoms with van der Waals surface area (Å²) < 4.78 is 28.4. The first kappa shape index (κ1) is 21.2. The van der Waals surface area contributed by atoms with Gasteiger partial charge in [0, 0.05) is 11.4 Å². The second-order valence-electron chi connectivity index (χ2n) is 9.98. The molecule has 0 spiro atoms. The molecule has 4 atom stereocenters. The molecule has 1 heterocycles. The Morgan fingerprint density at radius 3 is 2.22 bits per heavy atom. The molecule has 6 heteroatoms. The van der Waals surface area contributed by atoms with Gasteiger partial charge >= 0.3 is 7.12 Å². The lowest BCUT2D eigenvalue weighted by Gasteiger charge is -2.32. The molecule has 0 aromatic heterocycles. The first-order chi connectivity index (χ1) is 12.4. The van der Waals surface area contributed by atoms with E-state index in [1.54, 1.807) is 0 Å². The van der Waals surface area contributed by atoms with E-state index in [4.69, 9.17) is 9.31 Å². The SMILES string of the molecule is CC(C)(C)[S+]([O-])NC(CC1CC1c1ccccc1)B1OC(C)(C)C(C)(C)O1.